The van der Waals surface area contributed by atoms with Gasteiger partial charge in [-0.25, -0.2) is 9.59 Å². The van der Waals surface area contributed by atoms with Crippen molar-refractivity contribution in [1.29, 1.82) is 0 Å². The Morgan fingerprint density at radius 3 is 2.27 bits per heavy atom. The molecule has 0 fully saturated rings. The molecule has 62 valence electrons. The van der Waals surface area contributed by atoms with Crippen molar-refractivity contribution in [1.82, 2.24) is 5.48 Å². The summed E-state index contributed by atoms with van der Waals surface area (Å²) in [4.78, 5) is 25.1. The van der Waals surface area contributed by atoms with Gasteiger partial charge in [-0.05, 0) is 0 Å². The fraction of sp³-hybridized carbons (Fsp3) is 0.333. The van der Waals surface area contributed by atoms with Crippen LogP contribution in [0.2, 0.25) is 0 Å². The lowest BCUT2D eigenvalue weighted by Crippen LogP contribution is -2.13. The van der Waals surface area contributed by atoms with E-state index in [1.807, 2.05) is 0 Å². The molecule has 0 aromatic carbocycles. The highest BCUT2D eigenvalue weighted by molar-refractivity contribution is 5.91. The van der Waals surface area contributed by atoms with E-state index in [0.29, 0.717) is 0 Å². The minimum atomic E-state index is -0.655. The molecule has 0 amide bonds. The lowest BCUT2D eigenvalue weighted by atomic mass is 10.5. The molecule has 0 spiro atoms. The number of ether oxygens (including phenoxy) is 1. The predicted molar refractivity (Wildman–Crippen MR) is 36.3 cm³/mol. The quantitative estimate of drug-likeness (QED) is 0.338. The molecule has 0 aliphatic heterocycles. The zero-order valence-electron chi connectivity index (χ0n) is 6.29. The first-order chi connectivity index (χ1) is 5.20. The molecule has 5 nitrogen and oxygen atoms in total. The van der Waals surface area contributed by atoms with Crippen molar-refractivity contribution < 1.29 is 19.2 Å². The van der Waals surface area contributed by atoms with Crippen LogP contribution in [0.4, 0.5) is 0 Å². The molecule has 0 atom stereocenters. The van der Waals surface area contributed by atoms with Gasteiger partial charge < -0.3 is 9.57 Å². The van der Waals surface area contributed by atoms with Gasteiger partial charge in [0.15, 0.2) is 0 Å². The van der Waals surface area contributed by atoms with Crippen LogP contribution < -0.4 is 5.48 Å². The number of rotatable bonds is 3. The summed E-state index contributed by atoms with van der Waals surface area (Å²) < 4.78 is 4.22. The molecule has 5 heteroatoms. The average molecular weight is 159 g/mol. The first kappa shape index (κ1) is 9.64. The van der Waals surface area contributed by atoms with Gasteiger partial charge in [-0.1, -0.05) is 0 Å². The van der Waals surface area contributed by atoms with Gasteiger partial charge in [0, 0.05) is 19.2 Å². The molecule has 0 radical (unpaired) electrons. The topological polar surface area (TPSA) is 64.6 Å². The van der Waals surface area contributed by atoms with E-state index in [0.717, 1.165) is 12.2 Å². The van der Waals surface area contributed by atoms with E-state index in [4.69, 9.17) is 0 Å². The summed E-state index contributed by atoms with van der Waals surface area (Å²) in [6, 6.07) is 0. The Kier molecular flexibility index (Phi) is 4.76. The lowest BCUT2D eigenvalue weighted by molar-refractivity contribution is -0.144. The van der Waals surface area contributed by atoms with Crippen molar-refractivity contribution in [2.75, 3.05) is 14.2 Å². The van der Waals surface area contributed by atoms with E-state index in [1.54, 1.807) is 0 Å². The van der Waals surface area contributed by atoms with Gasteiger partial charge in [0.05, 0.1) is 7.11 Å². The third kappa shape index (κ3) is 5.10. The Morgan fingerprint density at radius 2 is 1.82 bits per heavy atom. The minimum absolute atomic E-state index is 0.599. The fourth-order valence-electron chi connectivity index (χ4n) is 0.339. The molecule has 0 unspecified atom stereocenters. The molecular formula is C6H9NO4. The molecule has 0 aromatic rings. The Balaban J connectivity index is 3.73. The summed E-state index contributed by atoms with van der Waals surface area (Å²) in [5.41, 5.74) is 2.16. The summed E-state index contributed by atoms with van der Waals surface area (Å²) in [7, 11) is 2.65. The smallest absolute Gasteiger partial charge is 0.349 e. The number of methoxy groups -OCH3 is 1. The van der Waals surface area contributed by atoms with Crippen LogP contribution in [0.15, 0.2) is 12.2 Å². The van der Waals surface area contributed by atoms with E-state index in [9.17, 15) is 9.59 Å². The van der Waals surface area contributed by atoms with Gasteiger partial charge in [-0.15, -0.1) is 0 Å². The van der Waals surface area contributed by atoms with Crippen LogP contribution in [0.5, 0.6) is 0 Å². The Labute approximate surface area is 63.9 Å². The second kappa shape index (κ2) is 5.43. The molecule has 0 aliphatic rings. The summed E-state index contributed by atoms with van der Waals surface area (Å²) in [5.74, 6) is -1.25. The number of hydrogen-bond acceptors (Lipinski definition) is 5. The monoisotopic (exact) mass is 159 g/mol. The SMILES string of the molecule is CNOC(=O)/C=C\C(=O)OC. The number of hydrogen-bond donors (Lipinski definition) is 1. The first-order valence-electron chi connectivity index (χ1n) is 2.84. The van der Waals surface area contributed by atoms with Crippen molar-refractivity contribution in [3.05, 3.63) is 12.2 Å². The van der Waals surface area contributed by atoms with Gasteiger partial charge in [0.2, 0.25) is 0 Å². The normalized spacial score (nSPS) is 9.64. The van der Waals surface area contributed by atoms with Crippen LogP contribution in [0, 0.1) is 0 Å². The van der Waals surface area contributed by atoms with Crippen LogP contribution in [0.25, 0.3) is 0 Å². The van der Waals surface area contributed by atoms with Crippen molar-refractivity contribution >= 4 is 11.9 Å². The van der Waals surface area contributed by atoms with Gasteiger partial charge in [0.1, 0.15) is 0 Å². The summed E-state index contributed by atoms with van der Waals surface area (Å²) in [5, 5.41) is 0. The number of nitrogens with one attached hydrogen (secondary N) is 1. The molecule has 11 heavy (non-hydrogen) atoms. The van der Waals surface area contributed by atoms with Gasteiger partial charge in [-0.3, -0.25) is 0 Å². The summed E-state index contributed by atoms with van der Waals surface area (Å²) in [6.45, 7) is 0. The van der Waals surface area contributed by atoms with Crippen molar-refractivity contribution in [3.8, 4) is 0 Å². The molecule has 0 aliphatic carbocycles. The van der Waals surface area contributed by atoms with Gasteiger partial charge >= 0.3 is 11.9 Å². The van der Waals surface area contributed by atoms with Gasteiger partial charge in [-0.2, -0.15) is 5.48 Å². The molecule has 0 rings (SSSR count). The zero-order chi connectivity index (χ0) is 8.69. The molecule has 1 N–H and O–H groups in total. The molecule has 0 bridgehead atoms. The maximum atomic E-state index is 10.5. The van der Waals surface area contributed by atoms with Crippen LogP contribution in [0.3, 0.4) is 0 Å². The van der Waals surface area contributed by atoms with E-state index < -0.39 is 11.9 Å². The van der Waals surface area contributed by atoms with E-state index in [-0.39, 0.29) is 0 Å². The lowest BCUT2D eigenvalue weighted by Gasteiger charge is -1.93. The largest absolute Gasteiger partial charge is 0.466 e. The van der Waals surface area contributed by atoms with Crippen molar-refractivity contribution in [2.24, 2.45) is 0 Å². The van der Waals surface area contributed by atoms with Crippen LogP contribution in [0.1, 0.15) is 0 Å². The Bertz CT molecular complexity index is 175. The minimum Gasteiger partial charge on any atom is -0.466 e. The second-order valence-corrected chi connectivity index (χ2v) is 1.48. The molecule has 0 aromatic heterocycles. The summed E-state index contributed by atoms with van der Waals surface area (Å²) >= 11 is 0. The highest BCUT2D eigenvalue weighted by Crippen LogP contribution is 1.80. The standard InChI is InChI=1S/C6H9NO4/c1-7-11-6(9)4-3-5(8)10-2/h3-4,7H,1-2H3/b4-3-. The molecule has 0 heterocycles. The fourth-order valence-corrected chi connectivity index (χ4v) is 0.339. The number of hydroxylamine groups is 1. The van der Waals surface area contributed by atoms with Crippen LogP contribution >= 0.6 is 0 Å². The third-order valence-electron chi connectivity index (χ3n) is 0.759. The molecule has 0 saturated carbocycles. The highest BCUT2D eigenvalue weighted by atomic mass is 16.7. The second-order valence-electron chi connectivity index (χ2n) is 1.48. The summed E-state index contributed by atoms with van der Waals surface area (Å²) in [6.07, 6.45) is 1.93. The third-order valence-corrected chi connectivity index (χ3v) is 0.759. The van der Waals surface area contributed by atoms with E-state index in [2.05, 4.69) is 15.1 Å². The van der Waals surface area contributed by atoms with Crippen molar-refractivity contribution in [2.45, 2.75) is 0 Å². The van der Waals surface area contributed by atoms with Crippen molar-refractivity contribution in [3.63, 3.8) is 0 Å². The first-order valence-corrected chi connectivity index (χ1v) is 2.84. The van der Waals surface area contributed by atoms with E-state index >= 15 is 0 Å². The zero-order valence-corrected chi connectivity index (χ0v) is 6.29. The number of esters is 1. The Morgan fingerprint density at radius 1 is 1.27 bits per heavy atom. The maximum absolute atomic E-state index is 10.5. The van der Waals surface area contributed by atoms with Crippen LogP contribution in [-0.4, -0.2) is 26.1 Å². The number of carbonyl (C=O) groups excluding carboxylic acids is 2. The predicted octanol–water partition coefficient (Wildman–Crippen LogP) is -0.607. The highest BCUT2D eigenvalue weighted by Gasteiger charge is 1.96. The maximum Gasteiger partial charge on any atom is 0.349 e. The van der Waals surface area contributed by atoms with Gasteiger partial charge in [0.25, 0.3) is 0 Å². The van der Waals surface area contributed by atoms with Crippen LogP contribution in [-0.2, 0) is 19.2 Å². The molecule has 0 saturated heterocycles. The Hall–Kier alpha value is -1.36. The molecular weight excluding hydrogens is 150 g/mol. The van der Waals surface area contributed by atoms with E-state index in [1.165, 1.54) is 14.2 Å². The number of carbonyl (C=O) groups is 2. The average Bonchev–Trinajstić information content (AvgIpc) is 2.01.